The number of aromatic nitrogens is 3. The molecule has 2 aromatic heterocycles. The fourth-order valence-corrected chi connectivity index (χ4v) is 3.84. The lowest BCUT2D eigenvalue weighted by Gasteiger charge is -2.53. The van der Waals surface area contributed by atoms with Crippen molar-refractivity contribution in [3.8, 4) is 0 Å². The van der Waals surface area contributed by atoms with Crippen LogP contribution < -0.4 is 0 Å². The predicted octanol–water partition coefficient (Wildman–Crippen LogP) is 2.25. The molecule has 0 aromatic carbocycles. The first kappa shape index (κ1) is 16.7. The summed E-state index contributed by atoms with van der Waals surface area (Å²) < 4.78 is 14.2. The van der Waals surface area contributed by atoms with Gasteiger partial charge in [0.2, 0.25) is 0 Å². The zero-order chi connectivity index (χ0) is 17.1. The highest BCUT2D eigenvalue weighted by Gasteiger charge is 2.47. The Labute approximate surface area is 148 Å². The summed E-state index contributed by atoms with van der Waals surface area (Å²) in [5.41, 5.74) is 2.44. The second-order valence-electron chi connectivity index (χ2n) is 7.16. The fraction of sp³-hybridized carbons (Fsp3) is 0.579. The largest absolute Gasteiger partial charge is 0.373 e. The van der Waals surface area contributed by atoms with Gasteiger partial charge in [-0.2, -0.15) is 5.10 Å². The van der Waals surface area contributed by atoms with Crippen molar-refractivity contribution in [1.29, 1.82) is 0 Å². The van der Waals surface area contributed by atoms with Gasteiger partial charge in [0, 0.05) is 63.4 Å². The van der Waals surface area contributed by atoms with Gasteiger partial charge < -0.3 is 9.47 Å². The summed E-state index contributed by atoms with van der Waals surface area (Å²) in [6, 6.07) is 4.02. The van der Waals surface area contributed by atoms with Crippen LogP contribution in [0.4, 0.5) is 0 Å². The van der Waals surface area contributed by atoms with Crippen LogP contribution in [0, 0.1) is 0 Å². The number of aryl methyl sites for hydroxylation is 1. The Kier molecular flexibility index (Phi) is 4.83. The van der Waals surface area contributed by atoms with Crippen LogP contribution in [0.1, 0.15) is 30.9 Å². The van der Waals surface area contributed by atoms with Gasteiger partial charge in [0.15, 0.2) is 0 Å². The molecule has 134 valence electrons. The van der Waals surface area contributed by atoms with Gasteiger partial charge in [-0.3, -0.25) is 14.6 Å². The van der Waals surface area contributed by atoms with E-state index in [1.165, 1.54) is 11.1 Å². The maximum absolute atomic E-state index is 6.13. The number of hydrogen-bond acceptors (Lipinski definition) is 5. The first-order chi connectivity index (χ1) is 12.2. The zero-order valence-electron chi connectivity index (χ0n) is 14.8. The van der Waals surface area contributed by atoms with Crippen molar-refractivity contribution >= 4 is 0 Å². The molecule has 6 nitrogen and oxygen atoms in total. The molecule has 2 aliphatic heterocycles. The first-order valence-electron chi connectivity index (χ1n) is 9.13. The number of hydrogen-bond donors (Lipinski definition) is 0. The third-order valence-corrected chi connectivity index (χ3v) is 5.12. The molecular weight excluding hydrogens is 316 g/mol. The van der Waals surface area contributed by atoms with Crippen LogP contribution >= 0.6 is 0 Å². The molecule has 2 fully saturated rings. The summed E-state index contributed by atoms with van der Waals surface area (Å²) in [4.78, 5) is 6.48. The average molecular weight is 342 g/mol. The van der Waals surface area contributed by atoms with E-state index in [9.17, 15) is 0 Å². The molecule has 2 aliphatic rings. The number of nitrogens with zero attached hydrogens (tertiary/aromatic N) is 4. The topological polar surface area (TPSA) is 52.4 Å². The summed E-state index contributed by atoms with van der Waals surface area (Å²) in [6.45, 7) is 7.40. The zero-order valence-corrected chi connectivity index (χ0v) is 14.8. The van der Waals surface area contributed by atoms with E-state index >= 15 is 0 Å². The molecule has 0 N–H and O–H groups in total. The Balaban J connectivity index is 1.26. The lowest BCUT2D eigenvalue weighted by atomic mass is 9.84. The summed E-state index contributed by atoms with van der Waals surface area (Å²) in [5.74, 6) is 0. The minimum absolute atomic E-state index is 0.0120. The van der Waals surface area contributed by atoms with Gasteiger partial charge in [0.05, 0.1) is 24.5 Å². The Hall–Kier alpha value is -1.76. The molecule has 4 heterocycles. The van der Waals surface area contributed by atoms with E-state index in [1.54, 1.807) is 0 Å². The van der Waals surface area contributed by atoms with Crippen molar-refractivity contribution in [3.63, 3.8) is 0 Å². The molecule has 0 amide bonds. The average Bonchev–Trinajstić information content (AvgIpc) is 3.08. The minimum atomic E-state index is -0.0120. The molecule has 0 bridgehead atoms. The Bertz CT molecular complexity index is 682. The maximum atomic E-state index is 6.13. The SMILES string of the molecule is CCn1cc(CN2CC3(CC(OCc4ccncc4)CCO3)C2)cn1. The van der Waals surface area contributed by atoms with Crippen molar-refractivity contribution in [3.05, 3.63) is 48.0 Å². The predicted molar refractivity (Wildman–Crippen MR) is 93.9 cm³/mol. The molecule has 1 unspecified atom stereocenters. The quantitative estimate of drug-likeness (QED) is 0.806. The second kappa shape index (κ2) is 7.23. The smallest absolute Gasteiger partial charge is 0.0959 e. The molecule has 6 heteroatoms. The maximum Gasteiger partial charge on any atom is 0.0959 e. The molecular formula is C19H26N4O2. The van der Waals surface area contributed by atoms with Crippen molar-refractivity contribution in [2.45, 2.75) is 51.2 Å². The van der Waals surface area contributed by atoms with Gasteiger partial charge in [0.1, 0.15) is 0 Å². The molecule has 0 saturated carbocycles. The summed E-state index contributed by atoms with van der Waals surface area (Å²) >= 11 is 0. The molecule has 4 rings (SSSR count). The molecule has 0 aliphatic carbocycles. The van der Waals surface area contributed by atoms with E-state index in [4.69, 9.17) is 9.47 Å². The molecule has 0 radical (unpaired) electrons. The van der Waals surface area contributed by atoms with Crippen molar-refractivity contribution in [2.75, 3.05) is 19.7 Å². The van der Waals surface area contributed by atoms with Crippen LogP contribution in [-0.2, 0) is 29.2 Å². The second-order valence-corrected chi connectivity index (χ2v) is 7.16. The number of pyridine rings is 1. The van der Waals surface area contributed by atoms with Gasteiger partial charge in [-0.1, -0.05) is 0 Å². The lowest BCUT2D eigenvalue weighted by Crippen LogP contribution is -2.65. The van der Waals surface area contributed by atoms with Gasteiger partial charge in [0.25, 0.3) is 0 Å². The normalized spacial score (nSPS) is 22.8. The lowest BCUT2D eigenvalue weighted by molar-refractivity contribution is -0.200. The Morgan fingerprint density at radius 1 is 1.28 bits per heavy atom. The third-order valence-electron chi connectivity index (χ3n) is 5.12. The molecule has 1 atom stereocenters. The highest BCUT2D eigenvalue weighted by molar-refractivity contribution is 5.10. The highest BCUT2D eigenvalue weighted by atomic mass is 16.5. The van der Waals surface area contributed by atoms with Crippen LogP contribution in [0.5, 0.6) is 0 Å². The van der Waals surface area contributed by atoms with Crippen LogP contribution in [-0.4, -0.2) is 51.1 Å². The van der Waals surface area contributed by atoms with Crippen LogP contribution in [0.25, 0.3) is 0 Å². The number of rotatable bonds is 6. The van der Waals surface area contributed by atoms with Crippen LogP contribution in [0.2, 0.25) is 0 Å². The van der Waals surface area contributed by atoms with E-state index in [-0.39, 0.29) is 11.7 Å². The van der Waals surface area contributed by atoms with E-state index < -0.39 is 0 Å². The standard InChI is InChI=1S/C19H26N4O2/c1-2-23-12-17(10-21-23)11-22-14-19(15-22)9-18(5-8-25-19)24-13-16-3-6-20-7-4-16/h3-4,6-7,10,12,18H,2,5,8-9,11,13-15H2,1H3. The summed E-state index contributed by atoms with van der Waals surface area (Å²) in [6.07, 6.45) is 9.98. The number of ether oxygens (including phenoxy) is 2. The van der Waals surface area contributed by atoms with Crippen molar-refractivity contribution in [1.82, 2.24) is 19.7 Å². The number of likely N-dealkylation sites (tertiary alicyclic amines) is 1. The van der Waals surface area contributed by atoms with E-state index in [1.807, 2.05) is 35.4 Å². The van der Waals surface area contributed by atoms with E-state index in [2.05, 4.69) is 28.1 Å². The van der Waals surface area contributed by atoms with Crippen molar-refractivity contribution < 1.29 is 9.47 Å². The molecule has 2 aromatic rings. The summed E-state index contributed by atoms with van der Waals surface area (Å²) in [7, 11) is 0. The Morgan fingerprint density at radius 2 is 2.12 bits per heavy atom. The monoisotopic (exact) mass is 342 g/mol. The fourth-order valence-electron chi connectivity index (χ4n) is 3.84. The Morgan fingerprint density at radius 3 is 2.88 bits per heavy atom. The minimum Gasteiger partial charge on any atom is -0.373 e. The third kappa shape index (κ3) is 3.92. The van der Waals surface area contributed by atoms with Gasteiger partial charge >= 0.3 is 0 Å². The van der Waals surface area contributed by atoms with Crippen LogP contribution in [0.15, 0.2) is 36.9 Å². The van der Waals surface area contributed by atoms with Gasteiger partial charge in [-0.25, -0.2) is 0 Å². The van der Waals surface area contributed by atoms with E-state index in [0.29, 0.717) is 6.61 Å². The van der Waals surface area contributed by atoms with Crippen LogP contribution in [0.3, 0.4) is 0 Å². The molecule has 1 spiro atoms. The first-order valence-corrected chi connectivity index (χ1v) is 9.13. The van der Waals surface area contributed by atoms with Gasteiger partial charge in [-0.05, 0) is 31.0 Å². The van der Waals surface area contributed by atoms with E-state index in [0.717, 1.165) is 45.6 Å². The summed E-state index contributed by atoms with van der Waals surface area (Å²) in [5, 5.41) is 4.35. The molecule has 25 heavy (non-hydrogen) atoms. The van der Waals surface area contributed by atoms with Crippen molar-refractivity contribution in [2.24, 2.45) is 0 Å². The molecule has 2 saturated heterocycles. The van der Waals surface area contributed by atoms with Gasteiger partial charge in [-0.15, -0.1) is 0 Å². The highest BCUT2D eigenvalue weighted by Crippen LogP contribution is 2.36.